The molecule has 0 saturated heterocycles. The minimum atomic E-state index is -0.296. The second-order valence-electron chi connectivity index (χ2n) is 3.69. The number of hydrogen-bond acceptors (Lipinski definition) is 4. The fourth-order valence-electron chi connectivity index (χ4n) is 1.48. The van der Waals surface area contributed by atoms with Gasteiger partial charge in [0, 0.05) is 18.8 Å². The molecular weight excluding hydrogens is 299 g/mol. The standard InChI is InChI=1S/C12H12BrFN4/c1-7-16-11(15-2)6-12(17-7)18-8-3-4-10(14)9(13)5-8/h3-6H,1-2H3,(H2,15,16,17,18). The third-order valence-electron chi connectivity index (χ3n) is 2.29. The molecule has 1 aromatic heterocycles. The average molecular weight is 311 g/mol. The van der Waals surface area contributed by atoms with Gasteiger partial charge in [-0.05, 0) is 41.1 Å². The zero-order valence-corrected chi connectivity index (χ0v) is 11.5. The van der Waals surface area contributed by atoms with Gasteiger partial charge in [0.05, 0.1) is 4.47 Å². The van der Waals surface area contributed by atoms with E-state index in [1.807, 2.05) is 6.92 Å². The summed E-state index contributed by atoms with van der Waals surface area (Å²) in [5.74, 6) is 1.75. The lowest BCUT2D eigenvalue weighted by atomic mass is 10.3. The van der Waals surface area contributed by atoms with Gasteiger partial charge in [-0.15, -0.1) is 0 Å². The minimum absolute atomic E-state index is 0.296. The van der Waals surface area contributed by atoms with Crippen molar-refractivity contribution in [2.75, 3.05) is 17.7 Å². The van der Waals surface area contributed by atoms with E-state index in [2.05, 4.69) is 36.5 Å². The van der Waals surface area contributed by atoms with E-state index in [1.54, 1.807) is 25.2 Å². The van der Waals surface area contributed by atoms with Crippen molar-refractivity contribution in [1.82, 2.24) is 9.97 Å². The quantitative estimate of drug-likeness (QED) is 0.911. The Labute approximate surface area is 113 Å². The summed E-state index contributed by atoms with van der Waals surface area (Å²) in [5.41, 5.74) is 0.753. The maximum Gasteiger partial charge on any atom is 0.137 e. The first-order chi connectivity index (χ1) is 8.58. The summed E-state index contributed by atoms with van der Waals surface area (Å²) < 4.78 is 13.5. The molecule has 0 unspecified atom stereocenters. The number of hydrogen-bond donors (Lipinski definition) is 2. The van der Waals surface area contributed by atoms with Crippen LogP contribution in [0.15, 0.2) is 28.7 Å². The van der Waals surface area contributed by atoms with Crippen LogP contribution >= 0.6 is 15.9 Å². The van der Waals surface area contributed by atoms with Gasteiger partial charge in [0.15, 0.2) is 0 Å². The van der Waals surface area contributed by atoms with Crippen molar-refractivity contribution in [3.63, 3.8) is 0 Å². The van der Waals surface area contributed by atoms with Crippen LogP contribution in [0.2, 0.25) is 0 Å². The van der Waals surface area contributed by atoms with E-state index in [4.69, 9.17) is 0 Å². The Kier molecular flexibility index (Phi) is 3.76. The van der Waals surface area contributed by atoms with Crippen molar-refractivity contribution >= 4 is 33.3 Å². The van der Waals surface area contributed by atoms with Gasteiger partial charge in [0.1, 0.15) is 23.3 Å². The number of nitrogens with one attached hydrogen (secondary N) is 2. The minimum Gasteiger partial charge on any atom is -0.373 e. The molecule has 2 rings (SSSR count). The maximum atomic E-state index is 13.1. The van der Waals surface area contributed by atoms with Crippen molar-refractivity contribution in [3.05, 3.63) is 40.4 Å². The van der Waals surface area contributed by atoms with E-state index in [0.29, 0.717) is 16.1 Å². The van der Waals surface area contributed by atoms with E-state index in [1.165, 1.54) is 6.07 Å². The molecule has 0 radical (unpaired) electrons. The van der Waals surface area contributed by atoms with E-state index < -0.39 is 0 Å². The highest BCUT2D eigenvalue weighted by Crippen LogP contribution is 2.23. The molecule has 0 fully saturated rings. The molecular formula is C12H12BrFN4. The number of halogens is 2. The second-order valence-corrected chi connectivity index (χ2v) is 4.54. The van der Waals surface area contributed by atoms with Crippen molar-refractivity contribution < 1.29 is 4.39 Å². The first kappa shape index (κ1) is 12.8. The molecule has 4 nitrogen and oxygen atoms in total. The lowest BCUT2D eigenvalue weighted by Gasteiger charge is -2.08. The van der Waals surface area contributed by atoms with Crippen LogP contribution in [0.25, 0.3) is 0 Å². The molecule has 0 aliphatic carbocycles. The van der Waals surface area contributed by atoms with E-state index in [9.17, 15) is 4.39 Å². The number of anilines is 3. The highest BCUT2D eigenvalue weighted by atomic mass is 79.9. The topological polar surface area (TPSA) is 49.8 Å². The molecule has 0 aliphatic rings. The van der Waals surface area contributed by atoms with Crippen molar-refractivity contribution in [1.29, 1.82) is 0 Å². The van der Waals surface area contributed by atoms with Gasteiger partial charge in [-0.25, -0.2) is 14.4 Å². The molecule has 0 aliphatic heterocycles. The summed E-state index contributed by atoms with van der Waals surface area (Å²) in [6, 6.07) is 6.48. The number of benzene rings is 1. The summed E-state index contributed by atoms with van der Waals surface area (Å²) in [5, 5.41) is 6.05. The van der Waals surface area contributed by atoms with Gasteiger partial charge in [0.2, 0.25) is 0 Å². The van der Waals surface area contributed by atoms with Crippen LogP contribution in [0.4, 0.5) is 21.7 Å². The average Bonchev–Trinajstić information content (AvgIpc) is 2.33. The monoisotopic (exact) mass is 310 g/mol. The molecule has 2 N–H and O–H groups in total. The van der Waals surface area contributed by atoms with Crippen LogP contribution in [0.3, 0.4) is 0 Å². The molecule has 1 heterocycles. The molecule has 2 aromatic rings. The summed E-state index contributed by atoms with van der Waals surface area (Å²) in [6.45, 7) is 1.81. The number of aromatic nitrogens is 2. The van der Waals surface area contributed by atoms with E-state index in [-0.39, 0.29) is 5.82 Å². The van der Waals surface area contributed by atoms with Crippen LogP contribution in [0.1, 0.15) is 5.82 Å². The largest absolute Gasteiger partial charge is 0.373 e. The fraction of sp³-hybridized carbons (Fsp3) is 0.167. The molecule has 0 bridgehead atoms. The predicted octanol–water partition coefficient (Wildman–Crippen LogP) is 3.47. The van der Waals surface area contributed by atoms with Gasteiger partial charge in [-0.2, -0.15) is 0 Å². The zero-order chi connectivity index (χ0) is 13.1. The number of rotatable bonds is 3. The summed E-state index contributed by atoms with van der Waals surface area (Å²) >= 11 is 3.14. The molecule has 0 amide bonds. The lowest BCUT2D eigenvalue weighted by molar-refractivity contribution is 0.621. The third kappa shape index (κ3) is 2.95. The van der Waals surface area contributed by atoms with Crippen LogP contribution in [0.5, 0.6) is 0 Å². The van der Waals surface area contributed by atoms with Crippen LogP contribution in [-0.2, 0) is 0 Å². The first-order valence-electron chi connectivity index (χ1n) is 5.34. The Bertz CT molecular complexity index is 574. The maximum absolute atomic E-state index is 13.1. The Balaban J connectivity index is 2.27. The number of aryl methyl sites for hydroxylation is 1. The Morgan fingerprint density at radius 2 is 1.89 bits per heavy atom. The van der Waals surface area contributed by atoms with Crippen LogP contribution < -0.4 is 10.6 Å². The van der Waals surface area contributed by atoms with Gasteiger partial charge < -0.3 is 10.6 Å². The van der Waals surface area contributed by atoms with Crippen molar-refractivity contribution in [2.45, 2.75) is 6.92 Å². The molecule has 6 heteroatoms. The van der Waals surface area contributed by atoms with E-state index >= 15 is 0 Å². The SMILES string of the molecule is CNc1cc(Nc2ccc(F)c(Br)c2)nc(C)n1. The highest BCUT2D eigenvalue weighted by molar-refractivity contribution is 9.10. The Morgan fingerprint density at radius 1 is 1.17 bits per heavy atom. The summed E-state index contributed by atoms with van der Waals surface area (Å²) in [4.78, 5) is 8.45. The van der Waals surface area contributed by atoms with Crippen molar-refractivity contribution in [2.24, 2.45) is 0 Å². The fourth-order valence-corrected chi connectivity index (χ4v) is 1.86. The zero-order valence-electron chi connectivity index (χ0n) is 9.96. The van der Waals surface area contributed by atoms with Crippen molar-refractivity contribution in [3.8, 4) is 0 Å². The highest BCUT2D eigenvalue weighted by Gasteiger charge is 2.03. The normalized spacial score (nSPS) is 10.2. The Hall–Kier alpha value is -1.69. The predicted molar refractivity (Wildman–Crippen MR) is 73.7 cm³/mol. The molecule has 0 saturated carbocycles. The molecule has 1 aromatic carbocycles. The van der Waals surface area contributed by atoms with Crippen LogP contribution in [-0.4, -0.2) is 17.0 Å². The van der Waals surface area contributed by atoms with Gasteiger partial charge in [-0.1, -0.05) is 0 Å². The Morgan fingerprint density at radius 3 is 2.56 bits per heavy atom. The van der Waals surface area contributed by atoms with Gasteiger partial charge in [-0.3, -0.25) is 0 Å². The summed E-state index contributed by atoms with van der Waals surface area (Å²) in [6.07, 6.45) is 0. The van der Waals surface area contributed by atoms with Gasteiger partial charge >= 0.3 is 0 Å². The van der Waals surface area contributed by atoms with Gasteiger partial charge in [0.25, 0.3) is 0 Å². The van der Waals surface area contributed by atoms with E-state index in [0.717, 1.165) is 11.5 Å². The number of nitrogens with zero attached hydrogens (tertiary/aromatic N) is 2. The molecule has 0 atom stereocenters. The second kappa shape index (κ2) is 5.30. The smallest absolute Gasteiger partial charge is 0.137 e. The molecule has 0 spiro atoms. The van der Waals surface area contributed by atoms with Crippen LogP contribution in [0, 0.1) is 12.7 Å². The first-order valence-corrected chi connectivity index (χ1v) is 6.13. The summed E-state index contributed by atoms with van der Waals surface area (Å²) in [7, 11) is 1.79. The lowest BCUT2D eigenvalue weighted by Crippen LogP contribution is -2.01. The molecule has 18 heavy (non-hydrogen) atoms. The third-order valence-corrected chi connectivity index (χ3v) is 2.89. The molecule has 94 valence electrons.